The third-order valence-corrected chi connectivity index (χ3v) is 14.4. The summed E-state index contributed by atoms with van der Waals surface area (Å²) in [6.07, 6.45) is 11.6. The number of aryl methyl sites for hydroxylation is 2. The second kappa shape index (κ2) is 14.8. The number of hydrogen-bond acceptors (Lipinski definition) is 4. The van der Waals surface area contributed by atoms with Gasteiger partial charge in [-0.2, -0.15) is 0 Å². The van der Waals surface area contributed by atoms with E-state index >= 15 is 0 Å². The number of nitrogens with two attached hydrogens (primary N) is 1. The number of allylic oxidation sites excluding steroid dienone is 1. The van der Waals surface area contributed by atoms with Gasteiger partial charge in [0.25, 0.3) is 0 Å². The highest BCUT2D eigenvalue weighted by molar-refractivity contribution is 6.17. The summed E-state index contributed by atoms with van der Waals surface area (Å²) in [5.74, 6) is 0. The average Bonchev–Trinajstić information content (AvgIpc) is 3.90. The Balaban J connectivity index is 0.998. The minimum atomic E-state index is 0.700. The largest absolute Gasteiger partial charge is 0.396 e. The summed E-state index contributed by atoms with van der Waals surface area (Å²) in [7, 11) is 0. The molecule has 5 aromatic heterocycles. The van der Waals surface area contributed by atoms with E-state index in [0.29, 0.717) is 5.69 Å². The molecule has 1 aliphatic carbocycles. The van der Waals surface area contributed by atoms with Gasteiger partial charge in [-0.3, -0.25) is 15.0 Å². The highest BCUT2D eigenvalue weighted by Crippen LogP contribution is 2.47. The van der Waals surface area contributed by atoms with Crippen LogP contribution in [0.25, 0.3) is 127 Å². The molecular formula is C62H42N6. The molecule has 1 aliphatic rings. The highest BCUT2D eigenvalue weighted by Gasteiger charge is 2.26. The zero-order valence-electron chi connectivity index (χ0n) is 37.3. The molecule has 0 fully saturated rings. The molecule has 320 valence electrons. The van der Waals surface area contributed by atoms with E-state index in [9.17, 15) is 0 Å². The number of aromatic nitrogens is 5. The van der Waals surface area contributed by atoms with E-state index in [2.05, 4.69) is 178 Å². The number of fused-ring (bicyclic) bond motifs is 14. The standard InChI is InChI=1S/C62H42N6/c1-2-12-45-49(34-40-13-9-28-64-59(40)58(45)63)38-21-26-55-53(32-38)54-33-37-20-23-47-44(51(37)36-57(54)67(55)42-15-5-3-6-16-42)24-25-48-52-31-39(22-27-56(52)68(62(47)48)43-17-7-4-8-18-43)50-35-41-14-10-29-65-60(41)61-46(50)19-11-30-66-61/h2-19,21-22,24-36H,20,23,63H2,1H3/b12-2-. The lowest BCUT2D eigenvalue weighted by atomic mass is 9.83. The lowest BCUT2D eigenvalue weighted by molar-refractivity contribution is 0.944. The molecule has 6 nitrogen and oxygen atoms in total. The first kappa shape index (κ1) is 38.4. The maximum atomic E-state index is 6.88. The van der Waals surface area contributed by atoms with Crippen LogP contribution in [0.5, 0.6) is 0 Å². The van der Waals surface area contributed by atoms with Crippen LogP contribution in [0.15, 0.2) is 195 Å². The Morgan fingerprint density at radius 2 is 1.07 bits per heavy atom. The Bertz CT molecular complexity index is 4270. The first-order valence-corrected chi connectivity index (χ1v) is 23.4. The predicted molar refractivity (Wildman–Crippen MR) is 284 cm³/mol. The fourth-order valence-electron chi connectivity index (χ4n) is 11.4. The molecule has 6 heteroatoms. The van der Waals surface area contributed by atoms with Crippen LogP contribution in [0, 0.1) is 0 Å². The number of nitrogen functional groups attached to an aromatic ring is 1. The minimum Gasteiger partial charge on any atom is -0.396 e. The number of anilines is 1. The lowest BCUT2D eigenvalue weighted by Gasteiger charge is -2.23. The van der Waals surface area contributed by atoms with Crippen molar-refractivity contribution in [3.63, 3.8) is 0 Å². The molecule has 0 spiro atoms. The fourth-order valence-corrected chi connectivity index (χ4v) is 11.4. The van der Waals surface area contributed by atoms with Crippen LogP contribution in [-0.2, 0) is 12.8 Å². The van der Waals surface area contributed by atoms with Crippen molar-refractivity contribution in [1.82, 2.24) is 24.1 Å². The molecule has 5 heterocycles. The van der Waals surface area contributed by atoms with E-state index in [1.165, 1.54) is 65.9 Å². The third-order valence-electron chi connectivity index (χ3n) is 14.4. The van der Waals surface area contributed by atoms with Crippen LogP contribution in [0.1, 0.15) is 23.6 Å². The van der Waals surface area contributed by atoms with Crippen molar-refractivity contribution < 1.29 is 0 Å². The normalized spacial score (nSPS) is 12.7. The second-order valence-electron chi connectivity index (χ2n) is 18.0. The molecule has 8 aromatic carbocycles. The zero-order valence-corrected chi connectivity index (χ0v) is 37.3. The fraction of sp³-hybridized carbons (Fsp3) is 0.0484. The number of nitrogens with zero attached hydrogens (tertiary/aromatic N) is 5. The van der Waals surface area contributed by atoms with E-state index < -0.39 is 0 Å². The van der Waals surface area contributed by atoms with E-state index in [4.69, 9.17) is 15.7 Å². The van der Waals surface area contributed by atoms with E-state index in [1.54, 1.807) is 0 Å². The van der Waals surface area contributed by atoms with Crippen molar-refractivity contribution in [1.29, 1.82) is 0 Å². The van der Waals surface area contributed by atoms with Gasteiger partial charge in [0, 0.05) is 73.2 Å². The van der Waals surface area contributed by atoms with Gasteiger partial charge in [0.1, 0.15) is 0 Å². The summed E-state index contributed by atoms with van der Waals surface area (Å²) in [5, 5.41) is 8.16. The summed E-state index contributed by atoms with van der Waals surface area (Å²) < 4.78 is 4.94. The van der Waals surface area contributed by atoms with E-state index in [0.717, 1.165) is 84.7 Å². The van der Waals surface area contributed by atoms with Gasteiger partial charge in [-0.05, 0) is 155 Å². The molecule has 68 heavy (non-hydrogen) atoms. The van der Waals surface area contributed by atoms with Crippen molar-refractivity contribution in [3.8, 4) is 44.8 Å². The average molecular weight is 871 g/mol. The van der Waals surface area contributed by atoms with Gasteiger partial charge >= 0.3 is 0 Å². The Morgan fingerprint density at radius 3 is 1.82 bits per heavy atom. The number of benzene rings is 8. The maximum absolute atomic E-state index is 6.88. The Hall–Kier alpha value is -8.87. The molecule has 0 aliphatic heterocycles. The first-order valence-electron chi connectivity index (χ1n) is 23.4. The van der Waals surface area contributed by atoms with Gasteiger partial charge in [0.15, 0.2) is 0 Å². The van der Waals surface area contributed by atoms with Gasteiger partial charge in [-0.15, -0.1) is 0 Å². The van der Waals surface area contributed by atoms with E-state index in [1.807, 2.05) is 43.7 Å². The molecule has 0 bridgehead atoms. The Morgan fingerprint density at radius 1 is 0.456 bits per heavy atom. The molecule has 0 saturated carbocycles. The van der Waals surface area contributed by atoms with Crippen molar-refractivity contribution in [3.05, 3.63) is 211 Å². The van der Waals surface area contributed by atoms with Crippen LogP contribution in [0.2, 0.25) is 0 Å². The van der Waals surface area contributed by atoms with Crippen molar-refractivity contribution in [2.75, 3.05) is 5.73 Å². The summed E-state index contributed by atoms with van der Waals surface area (Å²) in [4.78, 5) is 14.2. The van der Waals surface area contributed by atoms with Gasteiger partial charge in [0.2, 0.25) is 0 Å². The van der Waals surface area contributed by atoms with Crippen LogP contribution < -0.4 is 5.73 Å². The number of rotatable bonds is 5. The third kappa shape index (κ3) is 5.61. The molecule has 14 rings (SSSR count). The van der Waals surface area contributed by atoms with Gasteiger partial charge in [-0.25, -0.2) is 0 Å². The van der Waals surface area contributed by atoms with Gasteiger partial charge in [-0.1, -0.05) is 91.0 Å². The van der Waals surface area contributed by atoms with E-state index in [-0.39, 0.29) is 0 Å². The molecule has 0 atom stereocenters. The Kier molecular flexibility index (Phi) is 8.37. The SMILES string of the molecule is C/C=C\c1c(-c2ccc3c(c2)c2cc4c(cc2n3-c2ccccc2)-c2ccc3c5cc(-c6cc7cccnc7c7ncccc67)ccc5n(-c5ccccc5)c3c2CC4)cc2cccnc2c1N. The summed E-state index contributed by atoms with van der Waals surface area (Å²) in [6, 6.07) is 62.2. The maximum Gasteiger partial charge on any atom is 0.0970 e. The number of pyridine rings is 3. The lowest BCUT2D eigenvalue weighted by Crippen LogP contribution is -2.07. The minimum absolute atomic E-state index is 0.700. The predicted octanol–water partition coefficient (Wildman–Crippen LogP) is 15.2. The molecule has 0 saturated heterocycles. The number of hydrogen-bond donors (Lipinski definition) is 1. The van der Waals surface area contributed by atoms with Crippen LogP contribution in [0.3, 0.4) is 0 Å². The molecule has 0 unspecified atom stereocenters. The van der Waals surface area contributed by atoms with Gasteiger partial charge < -0.3 is 14.9 Å². The molecular weight excluding hydrogens is 829 g/mol. The smallest absolute Gasteiger partial charge is 0.0970 e. The highest BCUT2D eigenvalue weighted by atomic mass is 15.0. The Labute approximate surface area is 391 Å². The van der Waals surface area contributed by atoms with Gasteiger partial charge in [0.05, 0.1) is 44.3 Å². The molecule has 2 N–H and O–H groups in total. The summed E-state index contributed by atoms with van der Waals surface area (Å²) in [6.45, 7) is 2.04. The zero-order chi connectivity index (χ0) is 45.0. The van der Waals surface area contributed by atoms with Crippen LogP contribution in [0.4, 0.5) is 5.69 Å². The van der Waals surface area contributed by atoms with Crippen LogP contribution in [-0.4, -0.2) is 24.1 Å². The van der Waals surface area contributed by atoms with Crippen LogP contribution >= 0.6 is 0 Å². The first-order chi connectivity index (χ1) is 33.6. The number of para-hydroxylation sites is 2. The summed E-state index contributed by atoms with van der Waals surface area (Å²) in [5.41, 5.74) is 28.2. The van der Waals surface area contributed by atoms with Crippen molar-refractivity contribution in [2.45, 2.75) is 19.8 Å². The summed E-state index contributed by atoms with van der Waals surface area (Å²) >= 11 is 0. The monoisotopic (exact) mass is 870 g/mol. The second-order valence-corrected chi connectivity index (χ2v) is 18.0. The molecule has 0 radical (unpaired) electrons. The quantitative estimate of drug-likeness (QED) is 0.138. The topological polar surface area (TPSA) is 74.5 Å². The molecule has 0 amide bonds. The van der Waals surface area contributed by atoms with Crippen molar-refractivity contribution >= 4 is 88.1 Å². The van der Waals surface area contributed by atoms with Crippen molar-refractivity contribution in [2.24, 2.45) is 0 Å². The molecule has 13 aromatic rings.